The Morgan fingerprint density at radius 3 is 3.00 bits per heavy atom. The lowest BCUT2D eigenvalue weighted by atomic mass is 10.1. The molecule has 0 amide bonds. The smallest absolute Gasteiger partial charge is 0.202 e. The van der Waals surface area contributed by atoms with Gasteiger partial charge in [0.25, 0.3) is 0 Å². The molecule has 2 rings (SSSR count). The first-order valence-electron chi connectivity index (χ1n) is 6.45. The van der Waals surface area contributed by atoms with Crippen LogP contribution in [0.25, 0.3) is 0 Å². The van der Waals surface area contributed by atoms with E-state index in [1.807, 2.05) is 0 Å². The van der Waals surface area contributed by atoms with Crippen LogP contribution in [0, 0.1) is 0 Å². The zero-order chi connectivity index (χ0) is 12.1. The van der Waals surface area contributed by atoms with E-state index in [1.54, 1.807) is 0 Å². The molecular weight excluding hydrogens is 234 g/mol. The van der Waals surface area contributed by atoms with Crippen LogP contribution in [0.15, 0.2) is 0 Å². The van der Waals surface area contributed by atoms with E-state index in [0.717, 1.165) is 30.5 Å². The van der Waals surface area contributed by atoms with Crippen molar-refractivity contribution in [2.75, 3.05) is 18.5 Å². The molecule has 1 atom stereocenters. The summed E-state index contributed by atoms with van der Waals surface area (Å²) in [5.74, 6) is 1.34. The third-order valence-corrected chi connectivity index (χ3v) is 3.66. The van der Waals surface area contributed by atoms with E-state index in [4.69, 9.17) is 4.74 Å². The standard InChI is InChI=1S/C12H21N3OS/c1-9(2)11-14-12(17-15-11)13-7-6-10-5-3-4-8-16-10/h9-10H,3-8H2,1-2H3,(H,13,14,15). The molecule has 1 unspecified atom stereocenters. The van der Waals surface area contributed by atoms with E-state index in [9.17, 15) is 0 Å². The predicted octanol–water partition coefficient (Wildman–Crippen LogP) is 3.03. The number of ether oxygens (including phenoxy) is 1. The van der Waals surface area contributed by atoms with Crippen LogP contribution >= 0.6 is 11.5 Å². The van der Waals surface area contributed by atoms with Crippen molar-refractivity contribution in [1.82, 2.24) is 9.36 Å². The largest absolute Gasteiger partial charge is 0.378 e. The maximum absolute atomic E-state index is 5.69. The van der Waals surface area contributed by atoms with E-state index >= 15 is 0 Å². The van der Waals surface area contributed by atoms with Gasteiger partial charge in [0, 0.05) is 30.6 Å². The molecule has 0 aliphatic carbocycles. The van der Waals surface area contributed by atoms with Crippen LogP contribution in [-0.2, 0) is 4.74 Å². The minimum Gasteiger partial charge on any atom is -0.378 e. The van der Waals surface area contributed by atoms with Crippen molar-refractivity contribution in [3.63, 3.8) is 0 Å². The fraction of sp³-hybridized carbons (Fsp3) is 0.833. The summed E-state index contributed by atoms with van der Waals surface area (Å²) < 4.78 is 10.0. The third kappa shape index (κ3) is 3.92. The van der Waals surface area contributed by atoms with Gasteiger partial charge in [0.2, 0.25) is 5.13 Å². The van der Waals surface area contributed by atoms with E-state index in [1.165, 1.54) is 30.8 Å². The second-order valence-electron chi connectivity index (χ2n) is 4.82. The van der Waals surface area contributed by atoms with Gasteiger partial charge in [0.1, 0.15) is 5.82 Å². The summed E-state index contributed by atoms with van der Waals surface area (Å²) in [4.78, 5) is 4.45. The van der Waals surface area contributed by atoms with E-state index in [2.05, 4.69) is 28.5 Å². The molecule has 5 heteroatoms. The summed E-state index contributed by atoms with van der Waals surface area (Å²) in [6.07, 6.45) is 5.23. The fourth-order valence-corrected chi connectivity index (χ4v) is 2.65. The first-order valence-corrected chi connectivity index (χ1v) is 7.22. The van der Waals surface area contributed by atoms with Gasteiger partial charge in [-0.3, -0.25) is 0 Å². The molecular formula is C12H21N3OS. The van der Waals surface area contributed by atoms with Gasteiger partial charge in [-0.2, -0.15) is 4.37 Å². The van der Waals surface area contributed by atoms with Crippen LogP contribution < -0.4 is 5.32 Å². The van der Waals surface area contributed by atoms with Crippen molar-refractivity contribution < 1.29 is 4.74 Å². The SMILES string of the molecule is CC(C)c1nsc(NCCC2CCCCO2)n1. The van der Waals surface area contributed by atoms with Crippen molar-refractivity contribution in [2.24, 2.45) is 0 Å². The Morgan fingerprint density at radius 2 is 2.35 bits per heavy atom. The summed E-state index contributed by atoms with van der Waals surface area (Å²) in [6, 6.07) is 0. The van der Waals surface area contributed by atoms with Crippen LogP contribution in [0.4, 0.5) is 5.13 Å². The second-order valence-corrected chi connectivity index (χ2v) is 5.57. The van der Waals surface area contributed by atoms with Crippen molar-refractivity contribution >= 4 is 16.7 Å². The molecule has 1 aliphatic heterocycles. The molecule has 1 saturated heterocycles. The quantitative estimate of drug-likeness (QED) is 0.878. The Kier molecular flexibility index (Phi) is 4.74. The summed E-state index contributed by atoms with van der Waals surface area (Å²) >= 11 is 1.45. The lowest BCUT2D eigenvalue weighted by Crippen LogP contribution is -2.21. The zero-order valence-corrected chi connectivity index (χ0v) is 11.4. The van der Waals surface area contributed by atoms with Gasteiger partial charge in [0.15, 0.2) is 0 Å². The van der Waals surface area contributed by atoms with Crippen LogP contribution in [-0.4, -0.2) is 28.6 Å². The third-order valence-electron chi connectivity index (χ3n) is 2.97. The minimum atomic E-state index is 0.406. The van der Waals surface area contributed by atoms with Gasteiger partial charge < -0.3 is 10.1 Å². The number of nitrogens with zero attached hydrogens (tertiary/aromatic N) is 2. The molecule has 1 aromatic rings. The van der Waals surface area contributed by atoms with Gasteiger partial charge in [-0.15, -0.1) is 0 Å². The number of nitrogens with one attached hydrogen (secondary N) is 1. The number of rotatable bonds is 5. The summed E-state index contributed by atoms with van der Waals surface area (Å²) in [5, 5.41) is 4.27. The Bertz CT molecular complexity index is 334. The highest BCUT2D eigenvalue weighted by atomic mass is 32.1. The molecule has 0 saturated carbocycles. The molecule has 4 nitrogen and oxygen atoms in total. The fourth-order valence-electron chi connectivity index (χ4n) is 1.92. The van der Waals surface area contributed by atoms with Gasteiger partial charge in [-0.1, -0.05) is 13.8 Å². The second kappa shape index (κ2) is 6.31. The highest BCUT2D eigenvalue weighted by Crippen LogP contribution is 2.19. The Balaban J connectivity index is 1.70. The molecule has 2 heterocycles. The molecule has 1 N–H and O–H groups in total. The molecule has 1 fully saturated rings. The molecule has 0 radical (unpaired) electrons. The van der Waals surface area contributed by atoms with Crippen LogP contribution in [0.5, 0.6) is 0 Å². The first-order chi connectivity index (χ1) is 8.25. The van der Waals surface area contributed by atoms with Crippen molar-refractivity contribution in [2.45, 2.75) is 51.6 Å². The zero-order valence-electron chi connectivity index (χ0n) is 10.6. The average molecular weight is 255 g/mol. The minimum absolute atomic E-state index is 0.406. The molecule has 96 valence electrons. The molecule has 0 aromatic carbocycles. The molecule has 1 aliphatic rings. The van der Waals surface area contributed by atoms with Crippen LogP contribution in [0.2, 0.25) is 0 Å². The first kappa shape index (κ1) is 12.8. The molecule has 1 aromatic heterocycles. The highest BCUT2D eigenvalue weighted by Gasteiger charge is 2.13. The van der Waals surface area contributed by atoms with Crippen molar-refractivity contribution in [3.05, 3.63) is 5.82 Å². The number of anilines is 1. The van der Waals surface area contributed by atoms with E-state index < -0.39 is 0 Å². The van der Waals surface area contributed by atoms with Gasteiger partial charge >= 0.3 is 0 Å². The number of hydrogen-bond acceptors (Lipinski definition) is 5. The molecule has 0 spiro atoms. The van der Waals surface area contributed by atoms with Gasteiger partial charge in [0.05, 0.1) is 6.10 Å². The Hall–Kier alpha value is -0.680. The number of aromatic nitrogens is 2. The predicted molar refractivity (Wildman–Crippen MR) is 70.7 cm³/mol. The topological polar surface area (TPSA) is 47.0 Å². The van der Waals surface area contributed by atoms with E-state index in [0.29, 0.717) is 12.0 Å². The maximum Gasteiger partial charge on any atom is 0.202 e. The summed E-state index contributed by atoms with van der Waals surface area (Å²) in [7, 11) is 0. The lowest BCUT2D eigenvalue weighted by molar-refractivity contribution is 0.0134. The Morgan fingerprint density at radius 1 is 1.47 bits per heavy atom. The van der Waals surface area contributed by atoms with Gasteiger partial charge in [-0.05, 0) is 25.7 Å². The van der Waals surface area contributed by atoms with Crippen LogP contribution in [0.3, 0.4) is 0 Å². The van der Waals surface area contributed by atoms with Crippen LogP contribution in [0.1, 0.15) is 51.3 Å². The monoisotopic (exact) mass is 255 g/mol. The van der Waals surface area contributed by atoms with Gasteiger partial charge in [-0.25, -0.2) is 4.98 Å². The summed E-state index contributed by atoms with van der Waals surface area (Å²) in [5.41, 5.74) is 0. The normalized spacial score (nSPS) is 20.8. The Labute approximate surface area is 107 Å². The number of hydrogen-bond donors (Lipinski definition) is 1. The lowest BCUT2D eigenvalue weighted by Gasteiger charge is -2.22. The molecule has 17 heavy (non-hydrogen) atoms. The van der Waals surface area contributed by atoms with Crippen molar-refractivity contribution in [3.8, 4) is 0 Å². The molecule has 0 bridgehead atoms. The average Bonchev–Trinajstić information content (AvgIpc) is 2.79. The van der Waals surface area contributed by atoms with E-state index in [-0.39, 0.29) is 0 Å². The van der Waals surface area contributed by atoms with Crippen molar-refractivity contribution in [1.29, 1.82) is 0 Å². The summed E-state index contributed by atoms with van der Waals surface area (Å²) in [6.45, 7) is 6.09. The maximum atomic E-state index is 5.69. The highest BCUT2D eigenvalue weighted by molar-refractivity contribution is 7.09.